The molecule has 4 rings (SSSR count). The summed E-state index contributed by atoms with van der Waals surface area (Å²) in [5, 5.41) is 1.36. The minimum absolute atomic E-state index is 0.117. The number of pyridine rings is 1. The Morgan fingerprint density at radius 2 is 1.69 bits per heavy atom. The second kappa shape index (κ2) is 11.1. The Hall–Kier alpha value is -3.77. The predicted molar refractivity (Wildman–Crippen MR) is 138 cm³/mol. The molecule has 4 aromatic rings. The van der Waals surface area contributed by atoms with Crippen LogP contribution in [0.2, 0.25) is 5.15 Å². The molecule has 0 aliphatic carbocycles. The number of ether oxygens (including phenoxy) is 3. The third-order valence-electron chi connectivity index (χ3n) is 5.83. The van der Waals surface area contributed by atoms with Crippen LogP contribution in [0.5, 0.6) is 17.2 Å². The summed E-state index contributed by atoms with van der Waals surface area (Å²) in [6, 6.07) is 22.7. The first-order valence-electron chi connectivity index (χ1n) is 11.2. The molecule has 0 unspecified atom stereocenters. The van der Waals surface area contributed by atoms with Crippen molar-refractivity contribution >= 4 is 28.4 Å². The summed E-state index contributed by atoms with van der Waals surface area (Å²) in [5.41, 5.74) is 3.17. The molecule has 3 aromatic carbocycles. The van der Waals surface area contributed by atoms with Gasteiger partial charge in [-0.05, 0) is 54.4 Å². The van der Waals surface area contributed by atoms with Gasteiger partial charge < -0.3 is 19.1 Å². The number of para-hydroxylation sites is 1. The van der Waals surface area contributed by atoms with Crippen LogP contribution < -0.4 is 14.2 Å². The van der Waals surface area contributed by atoms with Crippen molar-refractivity contribution in [2.24, 2.45) is 0 Å². The number of hydrogen-bond donors (Lipinski definition) is 0. The number of carbonyl (C=O) groups is 1. The second-order valence-corrected chi connectivity index (χ2v) is 8.39. The van der Waals surface area contributed by atoms with Crippen LogP contribution >= 0.6 is 11.6 Å². The van der Waals surface area contributed by atoms with Crippen LogP contribution in [0.3, 0.4) is 0 Å². The summed E-state index contributed by atoms with van der Waals surface area (Å²) in [7, 11) is 4.79. The lowest BCUT2D eigenvalue weighted by Gasteiger charge is -2.24. The molecule has 0 N–H and O–H groups in total. The standard InChI is InChI=1S/C28H27ClN2O4/c1-33-23-9-6-8-21(17-23)28(32)31(14-13-19-11-12-25(34-2)26(15-19)35-3)18-22-16-20-7-4-5-10-24(20)30-27(22)29/h4-12,15-17H,13-14,18H2,1-3H3. The van der Waals surface area contributed by atoms with Gasteiger partial charge in [-0.2, -0.15) is 0 Å². The molecule has 0 atom stereocenters. The molecule has 0 aliphatic heterocycles. The van der Waals surface area contributed by atoms with E-state index in [4.69, 9.17) is 25.8 Å². The first-order valence-corrected chi connectivity index (χ1v) is 11.6. The molecule has 0 spiro atoms. The SMILES string of the molecule is COc1cccc(C(=O)N(CCc2ccc(OC)c(OC)c2)Cc2cc3ccccc3nc2Cl)c1. The number of carbonyl (C=O) groups excluding carboxylic acids is 1. The molecule has 0 saturated heterocycles. The molecule has 0 fully saturated rings. The summed E-state index contributed by atoms with van der Waals surface area (Å²) < 4.78 is 16.1. The Kier molecular flexibility index (Phi) is 7.73. The molecule has 0 radical (unpaired) electrons. The Bertz CT molecular complexity index is 1340. The molecule has 0 saturated carbocycles. The van der Waals surface area contributed by atoms with Crippen LogP contribution in [0, 0.1) is 0 Å². The highest BCUT2D eigenvalue weighted by Crippen LogP contribution is 2.28. The fraction of sp³-hybridized carbons (Fsp3) is 0.214. The zero-order valence-corrected chi connectivity index (χ0v) is 20.7. The smallest absolute Gasteiger partial charge is 0.254 e. The van der Waals surface area contributed by atoms with Gasteiger partial charge >= 0.3 is 0 Å². The fourth-order valence-electron chi connectivity index (χ4n) is 3.94. The van der Waals surface area contributed by atoms with Crippen molar-refractivity contribution in [3.63, 3.8) is 0 Å². The number of rotatable bonds is 9. The fourth-order valence-corrected chi connectivity index (χ4v) is 4.15. The summed E-state index contributed by atoms with van der Waals surface area (Å²) in [6.45, 7) is 0.786. The van der Waals surface area contributed by atoms with Gasteiger partial charge in [0, 0.05) is 29.6 Å². The van der Waals surface area contributed by atoms with E-state index in [0.717, 1.165) is 22.0 Å². The van der Waals surface area contributed by atoms with Crippen molar-refractivity contribution in [2.45, 2.75) is 13.0 Å². The van der Waals surface area contributed by atoms with Gasteiger partial charge in [0.1, 0.15) is 10.9 Å². The molecule has 180 valence electrons. The van der Waals surface area contributed by atoms with Crippen LogP contribution in [0.4, 0.5) is 0 Å². The number of benzene rings is 3. The Morgan fingerprint density at radius 3 is 2.46 bits per heavy atom. The van der Waals surface area contributed by atoms with Gasteiger partial charge in [0.15, 0.2) is 11.5 Å². The molecule has 7 heteroatoms. The van der Waals surface area contributed by atoms with Crippen LogP contribution in [0.1, 0.15) is 21.5 Å². The van der Waals surface area contributed by atoms with Gasteiger partial charge in [0.2, 0.25) is 0 Å². The lowest BCUT2D eigenvalue weighted by Crippen LogP contribution is -2.32. The maximum Gasteiger partial charge on any atom is 0.254 e. The third kappa shape index (κ3) is 5.66. The number of nitrogens with zero attached hydrogens (tertiary/aromatic N) is 2. The van der Waals surface area contributed by atoms with E-state index in [-0.39, 0.29) is 5.91 Å². The van der Waals surface area contributed by atoms with Crippen LogP contribution in [0.15, 0.2) is 72.8 Å². The van der Waals surface area contributed by atoms with E-state index >= 15 is 0 Å². The van der Waals surface area contributed by atoms with E-state index in [0.29, 0.717) is 47.5 Å². The van der Waals surface area contributed by atoms with E-state index in [9.17, 15) is 4.79 Å². The summed E-state index contributed by atoms with van der Waals surface area (Å²) in [4.78, 5) is 19.9. The van der Waals surface area contributed by atoms with Crippen LogP contribution in [-0.2, 0) is 13.0 Å². The average molecular weight is 491 g/mol. The van der Waals surface area contributed by atoms with Gasteiger partial charge in [0.05, 0.1) is 26.8 Å². The lowest BCUT2D eigenvalue weighted by atomic mass is 10.1. The lowest BCUT2D eigenvalue weighted by molar-refractivity contribution is 0.0744. The van der Waals surface area contributed by atoms with Crippen molar-refractivity contribution in [1.82, 2.24) is 9.88 Å². The maximum absolute atomic E-state index is 13.6. The van der Waals surface area contributed by atoms with Crippen molar-refractivity contribution in [1.29, 1.82) is 0 Å². The number of methoxy groups -OCH3 is 3. The number of fused-ring (bicyclic) bond motifs is 1. The predicted octanol–water partition coefficient (Wildman–Crippen LogP) is 5.80. The highest BCUT2D eigenvalue weighted by atomic mass is 35.5. The Morgan fingerprint density at radius 1 is 0.886 bits per heavy atom. The van der Waals surface area contributed by atoms with E-state index < -0.39 is 0 Å². The Labute approximate surface area is 210 Å². The zero-order chi connectivity index (χ0) is 24.8. The molecular weight excluding hydrogens is 464 g/mol. The topological polar surface area (TPSA) is 60.9 Å². The number of halogens is 1. The zero-order valence-electron chi connectivity index (χ0n) is 20.0. The number of amides is 1. The highest BCUT2D eigenvalue weighted by molar-refractivity contribution is 6.30. The first-order chi connectivity index (χ1) is 17.0. The van der Waals surface area contributed by atoms with E-state index in [1.165, 1.54) is 0 Å². The van der Waals surface area contributed by atoms with Crippen molar-refractivity contribution in [2.75, 3.05) is 27.9 Å². The summed E-state index contributed by atoms with van der Waals surface area (Å²) >= 11 is 6.54. The largest absolute Gasteiger partial charge is 0.497 e. The molecule has 1 heterocycles. The number of hydrogen-bond acceptors (Lipinski definition) is 5. The maximum atomic E-state index is 13.6. The molecule has 35 heavy (non-hydrogen) atoms. The van der Waals surface area contributed by atoms with Gasteiger partial charge in [-0.15, -0.1) is 0 Å². The van der Waals surface area contributed by atoms with Crippen LogP contribution in [-0.4, -0.2) is 43.7 Å². The van der Waals surface area contributed by atoms with Crippen LogP contribution in [0.25, 0.3) is 10.9 Å². The van der Waals surface area contributed by atoms with Gasteiger partial charge in [-0.1, -0.05) is 41.9 Å². The minimum atomic E-state index is -0.117. The molecule has 0 bridgehead atoms. The van der Waals surface area contributed by atoms with Gasteiger partial charge in [0.25, 0.3) is 5.91 Å². The number of aromatic nitrogens is 1. The first kappa shape index (κ1) is 24.4. The van der Waals surface area contributed by atoms with Crippen molar-refractivity contribution in [3.8, 4) is 17.2 Å². The normalized spacial score (nSPS) is 10.7. The quantitative estimate of drug-likeness (QED) is 0.277. The molecule has 6 nitrogen and oxygen atoms in total. The van der Waals surface area contributed by atoms with E-state index in [1.807, 2.05) is 60.7 Å². The summed E-state index contributed by atoms with van der Waals surface area (Å²) in [5.74, 6) is 1.82. The Balaban J connectivity index is 1.64. The van der Waals surface area contributed by atoms with Gasteiger partial charge in [-0.25, -0.2) is 4.98 Å². The second-order valence-electron chi connectivity index (χ2n) is 8.03. The van der Waals surface area contributed by atoms with Crippen molar-refractivity contribution in [3.05, 3.63) is 94.6 Å². The van der Waals surface area contributed by atoms with E-state index in [2.05, 4.69) is 4.98 Å². The van der Waals surface area contributed by atoms with Crippen molar-refractivity contribution < 1.29 is 19.0 Å². The average Bonchev–Trinajstić information content (AvgIpc) is 2.90. The highest BCUT2D eigenvalue weighted by Gasteiger charge is 2.19. The molecular formula is C28H27ClN2O4. The van der Waals surface area contributed by atoms with Gasteiger partial charge in [-0.3, -0.25) is 4.79 Å². The third-order valence-corrected chi connectivity index (χ3v) is 6.16. The minimum Gasteiger partial charge on any atom is -0.497 e. The molecule has 1 aromatic heterocycles. The summed E-state index contributed by atoms with van der Waals surface area (Å²) in [6.07, 6.45) is 0.620. The molecule has 0 aliphatic rings. The van der Waals surface area contributed by atoms with E-state index in [1.54, 1.807) is 38.4 Å². The monoisotopic (exact) mass is 490 g/mol. The molecule has 1 amide bonds.